The Kier molecular flexibility index (Phi) is 4.95. The van der Waals surface area contributed by atoms with Gasteiger partial charge in [0.2, 0.25) is 5.82 Å². The number of carbonyl (C=O) groups excluding carboxylic acids is 1. The summed E-state index contributed by atoms with van der Waals surface area (Å²) in [5.41, 5.74) is 2.58. The van der Waals surface area contributed by atoms with Crippen molar-refractivity contribution < 1.29 is 4.79 Å². The maximum atomic E-state index is 12.9. The molecular weight excluding hydrogens is 354 g/mol. The summed E-state index contributed by atoms with van der Waals surface area (Å²) in [6.07, 6.45) is 2.05. The van der Waals surface area contributed by atoms with Crippen LogP contribution in [0.1, 0.15) is 28.9 Å². The van der Waals surface area contributed by atoms with Gasteiger partial charge >= 0.3 is 0 Å². The molecule has 4 rings (SSSR count). The van der Waals surface area contributed by atoms with Gasteiger partial charge in [-0.25, -0.2) is 0 Å². The summed E-state index contributed by atoms with van der Waals surface area (Å²) in [5, 5.41) is 17.2. The van der Waals surface area contributed by atoms with Crippen LogP contribution in [-0.4, -0.2) is 62.7 Å². The number of tetrazole rings is 1. The first-order valence-corrected chi connectivity index (χ1v) is 9.51. The van der Waals surface area contributed by atoms with Crippen LogP contribution in [0, 0.1) is 0 Å². The molecule has 0 saturated carbocycles. The molecule has 3 heterocycles. The summed E-state index contributed by atoms with van der Waals surface area (Å²) in [7, 11) is 3.99. The fourth-order valence-corrected chi connectivity index (χ4v) is 3.98. The monoisotopic (exact) mass is 379 g/mol. The first-order chi connectivity index (χ1) is 13.6. The lowest BCUT2D eigenvalue weighted by atomic mass is 9.72. The minimum atomic E-state index is -0.0912. The number of nitrogens with one attached hydrogen (secondary N) is 2. The number of aromatic nitrogens is 5. The Morgan fingerprint density at radius 2 is 1.89 bits per heavy atom. The van der Waals surface area contributed by atoms with Crippen molar-refractivity contribution in [2.45, 2.75) is 18.3 Å². The third-order valence-corrected chi connectivity index (χ3v) is 5.85. The molecule has 2 N–H and O–H groups in total. The molecule has 1 fully saturated rings. The molecule has 0 spiro atoms. The molecule has 1 saturated heterocycles. The quantitative estimate of drug-likeness (QED) is 0.703. The number of amides is 1. The minimum Gasteiger partial charge on any atom is -0.350 e. The zero-order valence-electron chi connectivity index (χ0n) is 16.2. The lowest BCUT2D eigenvalue weighted by Crippen LogP contribution is -2.48. The molecule has 2 aromatic heterocycles. The number of nitrogens with zero attached hydrogens (tertiary/aromatic N) is 5. The van der Waals surface area contributed by atoms with Gasteiger partial charge in [0.25, 0.3) is 5.91 Å². The summed E-state index contributed by atoms with van der Waals surface area (Å²) >= 11 is 0. The molecule has 0 bridgehead atoms. The molecule has 3 aromatic rings. The molecule has 1 aliphatic heterocycles. The van der Waals surface area contributed by atoms with Crippen molar-refractivity contribution in [3.05, 3.63) is 53.7 Å². The molecule has 0 aliphatic carbocycles. The van der Waals surface area contributed by atoms with Gasteiger partial charge in [0, 0.05) is 19.0 Å². The van der Waals surface area contributed by atoms with Crippen LogP contribution in [0.25, 0.3) is 11.5 Å². The van der Waals surface area contributed by atoms with E-state index in [1.54, 1.807) is 10.6 Å². The number of benzene rings is 1. The van der Waals surface area contributed by atoms with Crippen LogP contribution in [0.15, 0.2) is 42.5 Å². The van der Waals surface area contributed by atoms with Crippen LogP contribution in [-0.2, 0) is 12.5 Å². The zero-order valence-corrected chi connectivity index (χ0v) is 16.2. The lowest BCUT2D eigenvalue weighted by molar-refractivity contribution is 0.0920. The molecule has 8 nitrogen and oxygen atoms in total. The molecule has 146 valence electrons. The molecule has 1 amide bonds. The van der Waals surface area contributed by atoms with E-state index in [1.165, 1.54) is 5.56 Å². The van der Waals surface area contributed by atoms with Gasteiger partial charge in [-0.15, -0.1) is 10.2 Å². The average Bonchev–Trinajstić information content (AvgIpc) is 3.38. The Labute approximate surface area is 163 Å². The summed E-state index contributed by atoms with van der Waals surface area (Å²) in [6, 6.07) is 14.2. The zero-order chi connectivity index (χ0) is 19.6. The number of hydrogen-bond acceptors (Lipinski definition) is 5. The van der Waals surface area contributed by atoms with E-state index >= 15 is 0 Å². The normalized spacial score (nSPS) is 16.8. The van der Waals surface area contributed by atoms with Crippen LogP contribution < -0.4 is 5.32 Å². The van der Waals surface area contributed by atoms with Gasteiger partial charge in [-0.3, -0.25) is 4.79 Å². The number of H-pyrrole nitrogens is 1. The van der Waals surface area contributed by atoms with Crippen molar-refractivity contribution in [3.8, 4) is 11.5 Å². The minimum absolute atomic E-state index is 0.0366. The van der Waals surface area contributed by atoms with Crippen LogP contribution in [0.2, 0.25) is 0 Å². The topological polar surface area (TPSA) is 91.7 Å². The average molecular weight is 379 g/mol. The Hall–Kier alpha value is -3.00. The maximum absolute atomic E-state index is 12.9. The van der Waals surface area contributed by atoms with Crippen LogP contribution in [0.3, 0.4) is 0 Å². The van der Waals surface area contributed by atoms with Crippen molar-refractivity contribution in [1.82, 2.24) is 35.4 Å². The van der Waals surface area contributed by atoms with E-state index in [2.05, 4.69) is 62.2 Å². The van der Waals surface area contributed by atoms with Crippen molar-refractivity contribution in [1.29, 1.82) is 0 Å². The number of hydrogen-bond donors (Lipinski definition) is 2. The van der Waals surface area contributed by atoms with E-state index in [1.807, 2.05) is 19.2 Å². The Morgan fingerprint density at radius 1 is 1.14 bits per heavy atom. The predicted octanol–water partition coefficient (Wildman–Crippen LogP) is 1.60. The first-order valence-electron chi connectivity index (χ1n) is 9.51. The molecule has 0 radical (unpaired) electrons. The van der Waals surface area contributed by atoms with Gasteiger partial charge in [-0.1, -0.05) is 30.3 Å². The smallest absolute Gasteiger partial charge is 0.267 e. The standard InChI is InChI=1S/C20H25N7O/c1-26-12-10-20(11-13-26,15-6-4-3-5-7-15)14-21-19(28)17-9-8-16(27(17)2)18-22-24-25-23-18/h3-9H,10-14H2,1-2H3,(H,21,28)(H,22,23,24,25). The Bertz CT molecular complexity index is 925. The molecule has 1 aliphatic rings. The van der Waals surface area contributed by atoms with E-state index in [0.29, 0.717) is 18.1 Å². The molecule has 0 unspecified atom stereocenters. The van der Waals surface area contributed by atoms with E-state index < -0.39 is 0 Å². The van der Waals surface area contributed by atoms with Crippen LogP contribution in [0.4, 0.5) is 0 Å². The SMILES string of the molecule is CN1CCC(CNC(=O)c2ccc(-c3nn[nH]n3)n2C)(c2ccccc2)CC1. The van der Waals surface area contributed by atoms with Crippen LogP contribution >= 0.6 is 0 Å². The second-order valence-electron chi connectivity index (χ2n) is 7.53. The van der Waals surface area contributed by atoms with Crippen molar-refractivity contribution in [2.75, 3.05) is 26.7 Å². The maximum Gasteiger partial charge on any atom is 0.267 e. The summed E-state index contributed by atoms with van der Waals surface area (Å²) in [5.74, 6) is 0.379. The third kappa shape index (κ3) is 3.43. The highest BCUT2D eigenvalue weighted by atomic mass is 16.1. The Balaban J connectivity index is 1.53. The lowest BCUT2D eigenvalue weighted by Gasteiger charge is -2.41. The van der Waals surface area contributed by atoms with E-state index in [0.717, 1.165) is 31.6 Å². The second-order valence-corrected chi connectivity index (χ2v) is 7.53. The third-order valence-electron chi connectivity index (χ3n) is 5.85. The van der Waals surface area contributed by atoms with Gasteiger partial charge in [-0.05, 0) is 55.9 Å². The number of carbonyl (C=O) groups is 1. The number of rotatable bonds is 5. The largest absolute Gasteiger partial charge is 0.350 e. The number of piperidine rings is 1. The molecular formula is C20H25N7O. The van der Waals surface area contributed by atoms with Gasteiger partial charge in [0.1, 0.15) is 5.69 Å². The van der Waals surface area contributed by atoms with Crippen LogP contribution in [0.5, 0.6) is 0 Å². The van der Waals surface area contributed by atoms with Crippen molar-refractivity contribution in [3.63, 3.8) is 0 Å². The molecule has 8 heteroatoms. The number of aromatic amines is 1. The van der Waals surface area contributed by atoms with Crippen molar-refractivity contribution >= 4 is 5.91 Å². The summed E-state index contributed by atoms with van der Waals surface area (Å²) in [4.78, 5) is 15.3. The molecule has 0 atom stereocenters. The van der Waals surface area contributed by atoms with Gasteiger partial charge in [0.15, 0.2) is 0 Å². The predicted molar refractivity (Wildman–Crippen MR) is 106 cm³/mol. The van der Waals surface area contributed by atoms with Gasteiger partial charge < -0.3 is 14.8 Å². The second kappa shape index (κ2) is 7.55. The van der Waals surface area contributed by atoms with E-state index in [4.69, 9.17) is 0 Å². The molecule has 28 heavy (non-hydrogen) atoms. The Morgan fingerprint density at radius 3 is 2.57 bits per heavy atom. The fourth-order valence-electron chi connectivity index (χ4n) is 3.98. The van der Waals surface area contributed by atoms with Crippen molar-refractivity contribution in [2.24, 2.45) is 7.05 Å². The highest BCUT2D eigenvalue weighted by molar-refractivity contribution is 5.93. The van der Waals surface area contributed by atoms with Gasteiger partial charge in [0.05, 0.1) is 5.69 Å². The van der Waals surface area contributed by atoms with E-state index in [-0.39, 0.29) is 11.3 Å². The summed E-state index contributed by atoms with van der Waals surface area (Å²) in [6.45, 7) is 2.67. The highest BCUT2D eigenvalue weighted by Crippen LogP contribution is 2.34. The van der Waals surface area contributed by atoms with E-state index in [9.17, 15) is 4.79 Å². The highest BCUT2D eigenvalue weighted by Gasteiger charge is 2.36. The molecule has 1 aromatic carbocycles. The van der Waals surface area contributed by atoms with Gasteiger partial charge in [-0.2, -0.15) is 5.21 Å². The fraction of sp³-hybridized carbons (Fsp3) is 0.400. The number of likely N-dealkylation sites (tertiary alicyclic amines) is 1. The first kappa shape index (κ1) is 18.4. The summed E-state index contributed by atoms with van der Waals surface area (Å²) < 4.78 is 1.80.